The second kappa shape index (κ2) is 9.94. The fourth-order valence-corrected chi connectivity index (χ4v) is 5.98. The number of hydrogen-bond acceptors (Lipinski definition) is 6. The van der Waals surface area contributed by atoms with Crippen molar-refractivity contribution in [1.29, 1.82) is 0 Å². The standard InChI is InChI=1S/C24H20Cl2N2O5S2/c1-28(35(30,31)17-6-8-20(32-2)21(13-17)33-3)16-5-9-22-14(10-16)11-23(34-22)24(29)27-19-7-4-15(25)12-18(19)26/h4-13H,1-3H3,(H,27,29). The van der Waals surface area contributed by atoms with Crippen molar-refractivity contribution in [2.75, 3.05) is 30.9 Å². The van der Waals surface area contributed by atoms with Crippen molar-refractivity contribution in [2.45, 2.75) is 4.90 Å². The van der Waals surface area contributed by atoms with Crippen LogP contribution in [-0.2, 0) is 10.0 Å². The first-order chi connectivity index (χ1) is 16.6. The summed E-state index contributed by atoms with van der Waals surface area (Å²) in [6.45, 7) is 0. The smallest absolute Gasteiger partial charge is 0.265 e. The zero-order valence-corrected chi connectivity index (χ0v) is 22.0. The number of hydrogen-bond donors (Lipinski definition) is 1. The Kier molecular flexibility index (Phi) is 7.14. The number of ether oxygens (including phenoxy) is 2. The first-order valence-corrected chi connectivity index (χ1v) is 13.2. The van der Waals surface area contributed by atoms with Gasteiger partial charge in [0.05, 0.1) is 40.4 Å². The van der Waals surface area contributed by atoms with Gasteiger partial charge in [0.15, 0.2) is 11.5 Å². The molecule has 0 aliphatic carbocycles. The number of nitrogens with one attached hydrogen (secondary N) is 1. The van der Waals surface area contributed by atoms with Crippen LogP contribution < -0.4 is 19.1 Å². The number of nitrogens with zero attached hydrogens (tertiary/aromatic N) is 1. The average molecular weight is 551 g/mol. The summed E-state index contributed by atoms with van der Waals surface area (Å²) in [5, 5.41) is 4.30. The van der Waals surface area contributed by atoms with Crippen molar-refractivity contribution in [1.82, 2.24) is 0 Å². The summed E-state index contributed by atoms with van der Waals surface area (Å²) in [7, 11) is 0.508. The van der Waals surface area contributed by atoms with Crippen LogP contribution in [0.3, 0.4) is 0 Å². The number of sulfonamides is 1. The Morgan fingerprint density at radius 2 is 1.69 bits per heavy atom. The minimum atomic E-state index is -3.88. The molecule has 0 unspecified atom stereocenters. The van der Waals surface area contributed by atoms with Gasteiger partial charge in [0, 0.05) is 22.8 Å². The lowest BCUT2D eigenvalue weighted by Gasteiger charge is -2.20. The highest BCUT2D eigenvalue weighted by Crippen LogP contribution is 2.34. The molecule has 0 aliphatic rings. The highest BCUT2D eigenvalue weighted by molar-refractivity contribution is 7.92. The normalized spacial score (nSPS) is 11.3. The zero-order valence-electron chi connectivity index (χ0n) is 18.8. The Labute approximate surface area is 216 Å². The molecule has 1 heterocycles. The second-order valence-electron chi connectivity index (χ2n) is 7.40. The van der Waals surface area contributed by atoms with Gasteiger partial charge in [-0.1, -0.05) is 23.2 Å². The van der Waals surface area contributed by atoms with E-state index in [-0.39, 0.29) is 10.8 Å². The fourth-order valence-electron chi connectivity index (χ4n) is 3.39. The number of fused-ring (bicyclic) bond motifs is 1. The number of anilines is 2. The summed E-state index contributed by atoms with van der Waals surface area (Å²) in [4.78, 5) is 13.3. The molecule has 0 aliphatic heterocycles. The van der Waals surface area contributed by atoms with E-state index in [0.29, 0.717) is 37.8 Å². The first kappa shape index (κ1) is 25.1. The predicted octanol–water partition coefficient (Wildman–Crippen LogP) is 6.30. The van der Waals surface area contributed by atoms with Crippen molar-refractivity contribution in [3.63, 3.8) is 0 Å². The molecule has 0 saturated carbocycles. The molecule has 4 rings (SSSR count). The van der Waals surface area contributed by atoms with E-state index >= 15 is 0 Å². The molecule has 1 amide bonds. The molecule has 4 aromatic rings. The van der Waals surface area contributed by atoms with Crippen LogP contribution in [0.25, 0.3) is 10.1 Å². The van der Waals surface area contributed by atoms with E-state index in [0.717, 1.165) is 10.1 Å². The van der Waals surface area contributed by atoms with Gasteiger partial charge in [0.25, 0.3) is 15.9 Å². The van der Waals surface area contributed by atoms with Crippen LogP contribution in [0.15, 0.2) is 65.6 Å². The third-order valence-corrected chi connectivity index (χ3v) is 8.72. The maximum atomic E-state index is 13.3. The molecule has 1 aromatic heterocycles. The van der Waals surface area contributed by atoms with Crippen LogP contribution in [0.1, 0.15) is 9.67 Å². The topological polar surface area (TPSA) is 84.9 Å². The van der Waals surface area contributed by atoms with Crippen LogP contribution in [0, 0.1) is 0 Å². The van der Waals surface area contributed by atoms with E-state index in [1.807, 2.05) is 0 Å². The third kappa shape index (κ3) is 5.04. The number of halogens is 2. The van der Waals surface area contributed by atoms with Gasteiger partial charge in [-0.05, 0) is 60.0 Å². The van der Waals surface area contributed by atoms with Gasteiger partial charge >= 0.3 is 0 Å². The third-order valence-electron chi connectivity index (χ3n) is 5.28. The Balaban J connectivity index is 1.61. The van der Waals surface area contributed by atoms with E-state index < -0.39 is 10.0 Å². The molecule has 35 heavy (non-hydrogen) atoms. The van der Waals surface area contributed by atoms with Gasteiger partial charge in [-0.25, -0.2) is 8.42 Å². The van der Waals surface area contributed by atoms with E-state index in [1.54, 1.807) is 48.5 Å². The van der Waals surface area contributed by atoms with Crippen molar-refractivity contribution in [2.24, 2.45) is 0 Å². The van der Waals surface area contributed by atoms with E-state index in [4.69, 9.17) is 32.7 Å². The van der Waals surface area contributed by atoms with Crippen molar-refractivity contribution in [3.05, 3.63) is 75.6 Å². The molecular weight excluding hydrogens is 531 g/mol. The molecule has 182 valence electrons. The van der Waals surface area contributed by atoms with Gasteiger partial charge in [0.1, 0.15) is 0 Å². The molecule has 7 nitrogen and oxygen atoms in total. The lowest BCUT2D eigenvalue weighted by atomic mass is 10.2. The fraction of sp³-hybridized carbons (Fsp3) is 0.125. The van der Waals surface area contributed by atoms with E-state index in [2.05, 4.69) is 5.32 Å². The number of carbonyl (C=O) groups excluding carboxylic acids is 1. The minimum absolute atomic E-state index is 0.0583. The van der Waals surface area contributed by atoms with Gasteiger partial charge in [-0.15, -0.1) is 11.3 Å². The molecule has 0 bridgehead atoms. The molecule has 3 aromatic carbocycles. The molecule has 0 spiro atoms. The number of methoxy groups -OCH3 is 2. The molecule has 0 fully saturated rings. The number of benzene rings is 3. The lowest BCUT2D eigenvalue weighted by Crippen LogP contribution is -2.26. The van der Waals surface area contributed by atoms with Crippen LogP contribution in [-0.4, -0.2) is 35.6 Å². The Morgan fingerprint density at radius 3 is 2.37 bits per heavy atom. The van der Waals surface area contributed by atoms with Gasteiger partial charge in [-0.2, -0.15) is 0 Å². The van der Waals surface area contributed by atoms with Gasteiger partial charge < -0.3 is 14.8 Å². The number of amides is 1. The zero-order chi connectivity index (χ0) is 25.3. The van der Waals surface area contributed by atoms with Crippen LogP contribution in [0.2, 0.25) is 10.0 Å². The van der Waals surface area contributed by atoms with Crippen molar-refractivity contribution < 1.29 is 22.7 Å². The minimum Gasteiger partial charge on any atom is -0.493 e. The Hall–Kier alpha value is -2.98. The second-order valence-corrected chi connectivity index (χ2v) is 11.3. The highest BCUT2D eigenvalue weighted by atomic mass is 35.5. The van der Waals surface area contributed by atoms with Gasteiger partial charge in [-0.3, -0.25) is 9.10 Å². The summed E-state index contributed by atoms with van der Waals surface area (Å²) < 4.78 is 38.9. The molecular formula is C24H20Cl2N2O5S2. The number of carbonyl (C=O) groups is 1. The lowest BCUT2D eigenvalue weighted by molar-refractivity contribution is 0.103. The van der Waals surface area contributed by atoms with Crippen LogP contribution in [0.4, 0.5) is 11.4 Å². The van der Waals surface area contributed by atoms with E-state index in [9.17, 15) is 13.2 Å². The SMILES string of the molecule is COc1ccc(S(=O)(=O)N(C)c2ccc3sc(C(=O)Nc4ccc(Cl)cc4Cl)cc3c2)cc1OC. The van der Waals surface area contributed by atoms with E-state index in [1.165, 1.54) is 49.0 Å². The number of thiophene rings is 1. The monoisotopic (exact) mass is 550 g/mol. The summed E-state index contributed by atoms with van der Waals surface area (Å²) in [5.41, 5.74) is 0.887. The molecule has 11 heteroatoms. The Morgan fingerprint density at radius 1 is 0.943 bits per heavy atom. The summed E-state index contributed by atoms with van der Waals surface area (Å²) in [5.74, 6) is 0.412. The molecule has 0 atom stereocenters. The maximum Gasteiger partial charge on any atom is 0.265 e. The summed E-state index contributed by atoms with van der Waals surface area (Å²) in [6.07, 6.45) is 0. The molecule has 0 radical (unpaired) electrons. The highest BCUT2D eigenvalue weighted by Gasteiger charge is 2.24. The average Bonchev–Trinajstić information content (AvgIpc) is 3.28. The molecule has 0 saturated heterocycles. The van der Waals surface area contributed by atoms with Gasteiger partial charge in [0.2, 0.25) is 0 Å². The quantitative estimate of drug-likeness (QED) is 0.291. The van der Waals surface area contributed by atoms with Crippen molar-refractivity contribution >= 4 is 71.9 Å². The summed E-state index contributed by atoms with van der Waals surface area (Å²) in [6, 6.07) is 16.1. The summed E-state index contributed by atoms with van der Waals surface area (Å²) >= 11 is 13.3. The van der Waals surface area contributed by atoms with Crippen LogP contribution in [0.5, 0.6) is 11.5 Å². The van der Waals surface area contributed by atoms with Crippen LogP contribution >= 0.6 is 34.5 Å². The maximum absolute atomic E-state index is 13.3. The predicted molar refractivity (Wildman–Crippen MR) is 141 cm³/mol. The van der Waals surface area contributed by atoms with Crippen molar-refractivity contribution in [3.8, 4) is 11.5 Å². The largest absolute Gasteiger partial charge is 0.493 e. The Bertz CT molecular complexity index is 1540. The molecule has 1 N–H and O–H groups in total. The number of rotatable bonds is 7. The first-order valence-electron chi connectivity index (χ1n) is 10.1.